The topological polar surface area (TPSA) is 153 Å². The van der Waals surface area contributed by atoms with Crippen molar-refractivity contribution in [3.63, 3.8) is 0 Å². The first-order valence-electron chi connectivity index (χ1n) is 14.6. The molecule has 0 saturated heterocycles. The largest absolute Gasteiger partial charge is 0.476 e. The van der Waals surface area contributed by atoms with Gasteiger partial charge < -0.3 is 25.4 Å². The Kier molecular flexibility index (Phi) is 7.76. The van der Waals surface area contributed by atoms with Crippen LogP contribution < -0.4 is 20.7 Å². The second-order valence-electron chi connectivity index (χ2n) is 11.6. The highest BCUT2D eigenvalue weighted by molar-refractivity contribution is 6.00. The Balaban J connectivity index is 1.20. The van der Waals surface area contributed by atoms with Gasteiger partial charge in [-0.05, 0) is 74.1 Å². The number of hydrogen-bond donors (Lipinski definition) is 3. The molecule has 12 nitrogen and oxygen atoms in total. The molecule has 2 aliphatic rings. The van der Waals surface area contributed by atoms with Gasteiger partial charge in [-0.25, -0.2) is 18.7 Å². The molecule has 2 aromatic carbocycles. The maximum absolute atomic E-state index is 14.7. The van der Waals surface area contributed by atoms with Crippen LogP contribution in [0, 0.1) is 12.7 Å². The highest BCUT2D eigenvalue weighted by Gasteiger charge is 2.35. The summed E-state index contributed by atoms with van der Waals surface area (Å²) in [5, 5.41) is 12.5. The molecule has 1 atom stereocenters. The van der Waals surface area contributed by atoms with E-state index in [1.807, 2.05) is 6.92 Å². The van der Waals surface area contributed by atoms with E-state index in [0.29, 0.717) is 35.4 Å². The Labute approximate surface area is 263 Å². The molecule has 0 bridgehead atoms. The molecule has 0 fully saturated rings. The molecule has 3 N–H and O–H groups in total. The van der Waals surface area contributed by atoms with Crippen molar-refractivity contribution in [2.45, 2.75) is 51.8 Å². The number of benzene rings is 2. The lowest BCUT2D eigenvalue weighted by Crippen LogP contribution is -2.45. The Hall–Kier alpha value is -5.59. The molecule has 4 aromatic rings. The number of nitrogens with one attached hydrogen (secondary N) is 3. The van der Waals surface area contributed by atoms with E-state index >= 15 is 0 Å². The first-order valence-corrected chi connectivity index (χ1v) is 14.6. The Bertz CT molecular complexity index is 1950. The third-order valence-corrected chi connectivity index (χ3v) is 8.10. The predicted molar refractivity (Wildman–Crippen MR) is 164 cm³/mol. The standard InChI is InChI=1S/C33H31FN6O6/c1-5-12-45-31(43)20-7-8-21-19(17(20)2)9-10-23(21)38-30(42)26-14-25(37-28-22(34)16-36-40(26)28)29(41)35-15-18-6-11-27-24(13-18)39-32(44)33(3,4)46-27/h5-8,11,13-14,16,23H,1,9-10,12,15H2,2-4H3,(H,35,41)(H,38,42)(H,39,44)/t23-/m0/s1. The normalized spacial score (nSPS) is 16.1. The molecule has 2 aromatic heterocycles. The van der Waals surface area contributed by atoms with Crippen molar-refractivity contribution in [1.82, 2.24) is 25.2 Å². The zero-order chi connectivity index (χ0) is 32.7. The van der Waals surface area contributed by atoms with E-state index < -0.39 is 29.2 Å². The summed E-state index contributed by atoms with van der Waals surface area (Å²) in [5.74, 6) is -2.26. The quantitative estimate of drug-likeness (QED) is 0.196. The van der Waals surface area contributed by atoms with E-state index in [4.69, 9.17) is 9.47 Å². The Morgan fingerprint density at radius 3 is 2.80 bits per heavy atom. The molecule has 1 aliphatic heterocycles. The Morgan fingerprint density at radius 2 is 2.02 bits per heavy atom. The van der Waals surface area contributed by atoms with Gasteiger partial charge >= 0.3 is 5.97 Å². The monoisotopic (exact) mass is 626 g/mol. The van der Waals surface area contributed by atoms with Crippen LogP contribution in [0.4, 0.5) is 10.1 Å². The highest BCUT2D eigenvalue weighted by atomic mass is 19.1. The van der Waals surface area contributed by atoms with Crippen molar-refractivity contribution in [1.29, 1.82) is 0 Å². The van der Waals surface area contributed by atoms with Crippen molar-refractivity contribution in [2.24, 2.45) is 0 Å². The zero-order valence-electron chi connectivity index (χ0n) is 25.4. The smallest absolute Gasteiger partial charge is 0.338 e. The van der Waals surface area contributed by atoms with Gasteiger partial charge in [-0.15, -0.1) is 0 Å². The average Bonchev–Trinajstić information content (AvgIpc) is 3.62. The molecule has 0 radical (unpaired) electrons. The number of amides is 3. The summed E-state index contributed by atoms with van der Waals surface area (Å²) in [7, 11) is 0. The van der Waals surface area contributed by atoms with Crippen LogP contribution >= 0.6 is 0 Å². The van der Waals surface area contributed by atoms with Gasteiger partial charge in [-0.1, -0.05) is 24.8 Å². The third-order valence-electron chi connectivity index (χ3n) is 8.10. The lowest BCUT2D eigenvalue weighted by molar-refractivity contribution is -0.129. The van der Waals surface area contributed by atoms with Crippen molar-refractivity contribution in [3.8, 4) is 5.75 Å². The van der Waals surface area contributed by atoms with Crippen LogP contribution in [0.1, 0.15) is 79.9 Å². The predicted octanol–water partition coefficient (Wildman–Crippen LogP) is 3.98. The van der Waals surface area contributed by atoms with Crippen LogP contribution in [0.15, 0.2) is 55.3 Å². The lowest BCUT2D eigenvalue weighted by atomic mass is 9.98. The summed E-state index contributed by atoms with van der Waals surface area (Å²) < 4.78 is 26.6. The molecule has 3 heterocycles. The zero-order valence-corrected chi connectivity index (χ0v) is 25.4. The maximum atomic E-state index is 14.7. The van der Waals surface area contributed by atoms with Crippen LogP contribution in [0.3, 0.4) is 0 Å². The van der Waals surface area contributed by atoms with Gasteiger partial charge in [-0.2, -0.15) is 5.10 Å². The maximum Gasteiger partial charge on any atom is 0.338 e. The second-order valence-corrected chi connectivity index (χ2v) is 11.6. The fourth-order valence-electron chi connectivity index (χ4n) is 5.65. The number of nitrogens with zero attached hydrogens (tertiary/aromatic N) is 3. The number of carbonyl (C=O) groups excluding carboxylic acids is 4. The molecule has 0 spiro atoms. The highest BCUT2D eigenvalue weighted by Crippen LogP contribution is 2.36. The minimum Gasteiger partial charge on any atom is -0.476 e. The van der Waals surface area contributed by atoms with E-state index in [2.05, 4.69) is 32.6 Å². The summed E-state index contributed by atoms with van der Waals surface area (Å²) >= 11 is 0. The van der Waals surface area contributed by atoms with E-state index in [1.54, 1.807) is 44.2 Å². The van der Waals surface area contributed by atoms with Crippen LogP contribution in [-0.4, -0.2) is 50.5 Å². The number of halogens is 1. The van der Waals surface area contributed by atoms with Crippen LogP contribution in [-0.2, 0) is 22.5 Å². The minimum atomic E-state index is -1.01. The van der Waals surface area contributed by atoms with Crippen LogP contribution in [0.5, 0.6) is 5.75 Å². The van der Waals surface area contributed by atoms with Gasteiger partial charge in [0.2, 0.25) is 0 Å². The first-order chi connectivity index (χ1) is 22.0. The fourth-order valence-corrected chi connectivity index (χ4v) is 5.65. The number of anilines is 1. The Morgan fingerprint density at radius 1 is 1.22 bits per heavy atom. The summed E-state index contributed by atoms with van der Waals surface area (Å²) in [4.78, 5) is 55.7. The average molecular weight is 627 g/mol. The van der Waals surface area contributed by atoms with Gasteiger partial charge in [0, 0.05) is 12.6 Å². The first kappa shape index (κ1) is 30.4. The molecular formula is C33H31FN6O6. The van der Waals surface area contributed by atoms with Gasteiger partial charge in [0.25, 0.3) is 17.7 Å². The van der Waals surface area contributed by atoms with Crippen molar-refractivity contribution in [2.75, 3.05) is 11.9 Å². The van der Waals surface area contributed by atoms with E-state index in [1.165, 1.54) is 12.1 Å². The molecule has 13 heteroatoms. The number of hydrogen-bond acceptors (Lipinski definition) is 8. The minimum absolute atomic E-state index is 0.0584. The number of rotatable bonds is 8. The molecule has 0 unspecified atom stereocenters. The summed E-state index contributed by atoms with van der Waals surface area (Å²) in [6.07, 6.45) is 3.62. The number of fused-ring (bicyclic) bond motifs is 3. The molecule has 46 heavy (non-hydrogen) atoms. The lowest BCUT2D eigenvalue weighted by Gasteiger charge is -2.31. The van der Waals surface area contributed by atoms with Crippen molar-refractivity contribution >= 4 is 35.0 Å². The summed E-state index contributed by atoms with van der Waals surface area (Å²) in [6.45, 7) is 8.88. The van der Waals surface area contributed by atoms with Crippen molar-refractivity contribution in [3.05, 3.63) is 100 Å². The van der Waals surface area contributed by atoms with E-state index in [9.17, 15) is 23.6 Å². The van der Waals surface area contributed by atoms with E-state index in [0.717, 1.165) is 27.4 Å². The van der Waals surface area contributed by atoms with Gasteiger partial charge in [0.15, 0.2) is 17.1 Å². The number of carbonyl (C=O) groups is 4. The van der Waals surface area contributed by atoms with Gasteiger partial charge in [-0.3, -0.25) is 14.4 Å². The second kappa shape index (κ2) is 11.7. The van der Waals surface area contributed by atoms with Crippen molar-refractivity contribution < 1.29 is 33.0 Å². The number of ether oxygens (including phenoxy) is 2. The van der Waals surface area contributed by atoms with Gasteiger partial charge in [0.05, 0.1) is 23.5 Å². The molecule has 1 aliphatic carbocycles. The summed E-state index contributed by atoms with van der Waals surface area (Å²) in [5.41, 5.74) is 2.62. The molecule has 236 valence electrons. The third kappa shape index (κ3) is 5.55. The fraction of sp³-hybridized carbons (Fsp3) is 0.273. The van der Waals surface area contributed by atoms with E-state index in [-0.39, 0.29) is 42.1 Å². The number of aromatic nitrogens is 3. The molecular weight excluding hydrogens is 595 g/mol. The van der Waals surface area contributed by atoms with Crippen LogP contribution in [0.25, 0.3) is 5.65 Å². The molecule has 0 saturated carbocycles. The van der Waals surface area contributed by atoms with Gasteiger partial charge in [0.1, 0.15) is 23.7 Å². The number of esters is 1. The summed E-state index contributed by atoms with van der Waals surface area (Å²) in [6, 6.07) is 9.45. The SMILES string of the molecule is C=CCOC(=O)c1ccc2c(c1C)CC[C@@H]2NC(=O)c1cc(C(=O)NCc2ccc3c(c2)NC(=O)C(C)(C)O3)nc2c(F)cnn12. The molecule has 3 amide bonds. The molecule has 6 rings (SSSR count). The van der Waals surface area contributed by atoms with Crippen LogP contribution in [0.2, 0.25) is 0 Å².